The molecule has 2 aromatic carbocycles. The molecule has 2 fully saturated rings. The molecular formula is C25H33NO5S. The predicted octanol–water partition coefficient (Wildman–Crippen LogP) is 3.86. The number of ether oxygens (including phenoxy) is 2. The molecule has 2 saturated heterocycles. The summed E-state index contributed by atoms with van der Waals surface area (Å²) in [7, 11) is -2.15. The third kappa shape index (κ3) is 4.71. The molecule has 2 N–H and O–H groups in total. The smallest absolute Gasteiger partial charge is 0.240 e. The SMILES string of the molecule is COc1ccc(S(=O)(=O)NC[C@@H]2CC[C@@]3(C)C[C@H](c4ccccc4)C[C@](C)(O3)[C@H]2O)cc1. The Kier molecular flexibility index (Phi) is 6.38. The van der Waals surface area contributed by atoms with Gasteiger partial charge in [-0.1, -0.05) is 30.3 Å². The number of methoxy groups -OCH3 is 1. The molecule has 174 valence electrons. The number of aliphatic hydroxyl groups excluding tert-OH is 1. The van der Waals surface area contributed by atoms with Gasteiger partial charge in [0.1, 0.15) is 5.75 Å². The van der Waals surface area contributed by atoms with Gasteiger partial charge >= 0.3 is 0 Å². The summed E-state index contributed by atoms with van der Waals surface area (Å²) >= 11 is 0. The number of hydrogen-bond acceptors (Lipinski definition) is 5. The first-order chi connectivity index (χ1) is 15.1. The van der Waals surface area contributed by atoms with E-state index in [1.807, 2.05) is 25.1 Å². The number of hydrogen-bond donors (Lipinski definition) is 2. The van der Waals surface area contributed by atoms with E-state index in [9.17, 15) is 13.5 Å². The summed E-state index contributed by atoms with van der Waals surface area (Å²) in [6.07, 6.45) is 2.30. The molecule has 5 atom stereocenters. The Morgan fingerprint density at radius 1 is 1.09 bits per heavy atom. The summed E-state index contributed by atoms with van der Waals surface area (Å²) < 4.78 is 40.0. The van der Waals surface area contributed by atoms with E-state index >= 15 is 0 Å². The highest BCUT2D eigenvalue weighted by Crippen LogP contribution is 2.50. The van der Waals surface area contributed by atoms with Crippen LogP contribution in [-0.2, 0) is 14.8 Å². The van der Waals surface area contributed by atoms with E-state index in [0.29, 0.717) is 24.5 Å². The zero-order valence-corrected chi connectivity index (χ0v) is 19.8. The molecular weight excluding hydrogens is 426 g/mol. The summed E-state index contributed by atoms with van der Waals surface area (Å²) in [6.45, 7) is 4.26. The Balaban J connectivity index is 1.50. The number of sulfonamides is 1. The summed E-state index contributed by atoms with van der Waals surface area (Å²) in [5.41, 5.74) is 0.178. The zero-order chi connectivity index (χ0) is 23.0. The van der Waals surface area contributed by atoms with E-state index in [-0.39, 0.29) is 23.0 Å². The molecule has 2 aliphatic heterocycles. The van der Waals surface area contributed by atoms with Gasteiger partial charge in [-0.25, -0.2) is 13.1 Å². The Morgan fingerprint density at radius 3 is 2.44 bits per heavy atom. The molecule has 0 unspecified atom stereocenters. The molecule has 0 radical (unpaired) electrons. The fourth-order valence-electron chi connectivity index (χ4n) is 5.44. The normalized spacial score (nSPS) is 32.8. The average Bonchev–Trinajstić information content (AvgIpc) is 2.85. The van der Waals surface area contributed by atoms with Gasteiger partial charge in [-0.2, -0.15) is 0 Å². The Labute approximate surface area is 191 Å². The minimum Gasteiger partial charge on any atom is -0.497 e. The first kappa shape index (κ1) is 23.2. The van der Waals surface area contributed by atoms with Crippen molar-refractivity contribution in [1.82, 2.24) is 4.72 Å². The van der Waals surface area contributed by atoms with Crippen LogP contribution < -0.4 is 9.46 Å². The molecule has 7 heteroatoms. The van der Waals surface area contributed by atoms with Gasteiger partial charge in [0.15, 0.2) is 0 Å². The van der Waals surface area contributed by atoms with E-state index in [4.69, 9.17) is 9.47 Å². The molecule has 32 heavy (non-hydrogen) atoms. The second kappa shape index (κ2) is 8.78. The first-order valence-electron chi connectivity index (χ1n) is 11.2. The van der Waals surface area contributed by atoms with Gasteiger partial charge in [0.2, 0.25) is 10.0 Å². The van der Waals surface area contributed by atoms with Gasteiger partial charge in [-0.3, -0.25) is 0 Å². The molecule has 0 amide bonds. The van der Waals surface area contributed by atoms with E-state index in [1.165, 1.54) is 24.8 Å². The largest absolute Gasteiger partial charge is 0.497 e. The van der Waals surface area contributed by atoms with Gasteiger partial charge < -0.3 is 14.6 Å². The van der Waals surface area contributed by atoms with Crippen LogP contribution in [0, 0.1) is 5.92 Å². The maximum atomic E-state index is 12.8. The lowest BCUT2D eigenvalue weighted by Gasteiger charge is -2.49. The second-order valence-corrected chi connectivity index (χ2v) is 11.4. The fourth-order valence-corrected chi connectivity index (χ4v) is 6.53. The summed E-state index contributed by atoms with van der Waals surface area (Å²) in [6, 6.07) is 16.7. The van der Waals surface area contributed by atoms with Crippen molar-refractivity contribution in [1.29, 1.82) is 0 Å². The van der Waals surface area contributed by atoms with E-state index in [2.05, 4.69) is 23.8 Å². The number of nitrogens with one attached hydrogen (secondary N) is 1. The Hall–Kier alpha value is -1.93. The van der Waals surface area contributed by atoms with Gasteiger partial charge in [0, 0.05) is 12.5 Å². The van der Waals surface area contributed by atoms with Crippen molar-refractivity contribution >= 4 is 10.0 Å². The molecule has 6 nitrogen and oxygen atoms in total. The van der Waals surface area contributed by atoms with Crippen molar-refractivity contribution in [2.24, 2.45) is 5.92 Å². The van der Waals surface area contributed by atoms with Crippen LogP contribution in [-0.4, -0.2) is 44.5 Å². The van der Waals surface area contributed by atoms with Gasteiger partial charge in [-0.15, -0.1) is 0 Å². The monoisotopic (exact) mass is 459 g/mol. The fraction of sp³-hybridized carbons (Fsp3) is 0.520. The minimum atomic E-state index is -3.69. The maximum absolute atomic E-state index is 12.8. The number of aliphatic hydroxyl groups is 1. The quantitative estimate of drug-likeness (QED) is 0.685. The van der Waals surface area contributed by atoms with E-state index in [0.717, 1.165) is 12.8 Å². The highest BCUT2D eigenvalue weighted by molar-refractivity contribution is 7.89. The van der Waals surface area contributed by atoms with Crippen LogP contribution >= 0.6 is 0 Å². The number of fused-ring (bicyclic) bond motifs is 2. The molecule has 0 aromatic heterocycles. The summed E-state index contributed by atoms with van der Waals surface area (Å²) in [5.74, 6) is 0.662. The van der Waals surface area contributed by atoms with Crippen LogP contribution in [0.5, 0.6) is 5.75 Å². The average molecular weight is 460 g/mol. The standard InChI is InChI=1S/C25H33NO5S/c1-24-14-13-19(17-26-32(28,29)22-11-9-21(30-3)10-12-22)23(27)25(2,31-24)16-20(15-24)18-7-5-4-6-8-18/h4-12,19-20,23,26-27H,13-17H2,1-3H3/t19-,20-,23-,24-,25-/m0/s1. The molecule has 0 saturated carbocycles. The molecule has 2 aliphatic rings. The number of rotatable bonds is 6. The van der Waals surface area contributed by atoms with Crippen molar-refractivity contribution in [3.8, 4) is 5.75 Å². The van der Waals surface area contributed by atoms with Crippen LogP contribution in [0.25, 0.3) is 0 Å². The van der Waals surface area contributed by atoms with Crippen molar-refractivity contribution in [3.05, 3.63) is 60.2 Å². The van der Waals surface area contributed by atoms with Crippen molar-refractivity contribution < 1.29 is 23.0 Å². The van der Waals surface area contributed by atoms with Gasteiger partial charge in [0.25, 0.3) is 0 Å². The highest BCUT2D eigenvalue weighted by Gasteiger charge is 2.52. The molecule has 4 rings (SSSR count). The van der Waals surface area contributed by atoms with Gasteiger partial charge in [-0.05, 0) is 75.3 Å². The lowest BCUT2D eigenvalue weighted by atomic mass is 9.74. The van der Waals surface area contributed by atoms with Gasteiger partial charge in [0.05, 0.1) is 29.3 Å². The molecule has 2 bridgehead atoms. The topological polar surface area (TPSA) is 84.9 Å². The van der Waals surface area contributed by atoms with Crippen molar-refractivity contribution in [2.75, 3.05) is 13.7 Å². The van der Waals surface area contributed by atoms with E-state index < -0.39 is 21.7 Å². The molecule has 0 aliphatic carbocycles. The molecule has 2 aromatic rings. The van der Waals surface area contributed by atoms with Crippen LogP contribution in [0.1, 0.15) is 51.0 Å². The van der Waals surface area contributed by atoms with Crippen LogP contribution in [0.3, 0.4) is 0 Å². The third-order valence-electron chi connectivity index (χ3n) is 7.10. The molecule has 2 heterocycles. The zero-order valence-electron chi connectivity index (χ0n) is 19.0. The lowest BCUT2D eigenvalue weighted by Crippen LogP contribution is -2.54. The predicted molar refractivity (Wildman–Crippen MR) is 123 cm³/mol. The minimum absolute atomic E-state index is 0.167. The van der Waals surface area contributed by atoms with Crippen LogP contribution in [0.15, 0.2) is 59.5 Å². The Bertz CT molecular complexity index is 1030. The third-order valence-corrected chi connectivity index (χ3v) is 8.54. The molecule has 0 spiro atoms. The number of benzene rings is 2. The van der Waals surface area contributed by atoms with E-state index in [1.54, 1.807) is 12.1 Å². The van der Waals surface area contributed by atoms with Crippen LogP contribution in [0.2, 0.25) is 0 Å². The van der Waals surface area contributed by atoms with Crippen molar-refractivity contribution in [3.63, 3.8) is 0 Å². The maximum Gasteiger partial charge on any atom is 0.240 e. The summed E-state index contributed by atoms with van der Waals surface area (Å²) in [5, 5.41) is 11.4. The lowest BCUT2D eigenvalue weighted by molar-refractivity contribution is -0.214. The Morgan fingerprint density at radius 2 is 1.78 bits per heavy atom. The highest BCUT2D eigenvalue weighted by atomic mass is 32.2. The van der Waals surface area contributed by atoms with Crippen molar-refractivity contribution in [2.45, 2.75) is 67.7 Å². The summed E-state index contributed by atoms with van der Waals surface area (Å²) in [4.78, 5) is 0.179. The second-order valence-electron chi connectivity index (χ2n) is 9.65. The first-order valence-corrected chi connectivity index (χ1v) is 12.7. The van der Waals surface area contributed by atoms with Crippen LogP contribution in [0.4, 0.5) is 0 Å².